The highest BCUT2D eigenvalue weighted by atomic mass is 31.2. The Hall–Kier alpha value is -2.59. The highest BCUT2D eigenvalue weighted by Gasteiger charge is 2.27. The molecule has 3 unspecified atom stereocenters. The summed E-state index contributed by atoms with van der Waals surface area (Å²) in [6.07, 6.45) is 48.2. The minimum Gasteiger partial charge on any atom is -0.480 e. The number of unbranched alkanes of at least 4 members (excludes halogenated alkanes) is 13. The van der Waals surface area contributed by atoms with Crippen LogP contribution < -0.4 is 5.73 Å². The van der Waals surface area contributed by atoms with Crippen LogP contribution in [0.1, 0.15) is 155 Å². The van der Waals surface area contributed by atoms with Gasteiger partial charge in [0, 0.05) is 13.0 Å². The summed E-state index contributed by atoms with van der Waals surface area (Å²) in [6.45, 7) is 3.67. The second-order valence-corrected chi connectivity index (χ2v) is 15.2. The van der Waals surface area contributed by atoms with E-state index in [0.717, 1.165) is 96.3 Å². The first kappa shape index (κ1) is 52.4. The van der Waals surface area contributed by atoms with Gasteiger partial charge in [-0.3, -0.25) is 18.6 Å². The molecule has 10 nitrogen and oxygen atoms in total. The zero-order valence-corrected chi connectivity index (χ0v) is 35.1. The quantitative estimate of drug-likeness (QED) is 0.0237. The van der Waals surface area contributed by atoms with Crippen LogP contribution in [-0.4, -0.2) is 60.5 Å². The first-order chi connectivity index (χ1) is 26.7. The van der Waals surface area contributed by atoms with Gasteiger partial charge in [0.05, 0.1) is 19.8 Å². The molecule has 0 spiro atoms. The van der Waals surface area contributed by atoms with Crippen LogP contribution in [0, 0.1) is 0 Å². The lowest BCUT2D eigenvalue weighted by Gasteiger charge is -2.20. The number of nitrogens with two attached hydrogens (primary N) is 1. The number of carboxylic acids is 1. The average molecular weight is 794 g/mol. The van der Waals surface area contributed by atoms with Crippen LogP contribution >= 0.6 is 7.82 Å². The summed E-state index contributed by atoms with van der Waals surface area (Å²) < 4.78 is 33.2. The maximum atomic E-state index is 12.5. The van der Waals surface area contributed by atoms with Gasteiger partial charge in [-0.2, -0.15) is 0 Å². The molecule has 0 saturated heterocycles. The summed E-state index contributed by atoms with van der Waals surface area (Å²) in [5.41, 5.74) is 5.34. The highest BCUT2D eigenvalue weighted by Crippen LogP contribution is 2.43. The highest BCUT2D eigenvalue weighted by molar-refractivity contribution is 7.47. The molecule has 0 aliphatic carbocycles. The Balaban J connectivity index is 4.21. The second kappa shape index (κ2) is 39.6. The summed E-state index contributed by atoms with van der Waals surface area (Å²) in [6, 6.07) is -1.48. The van der Waals surface area contributed by atoms with E-state index < -0.39 is 45.1 Å². The molecule has 0 aromatic rings. The predicted octanol–water partition coefficient (Wildman–Crippen LogP) is 11.4. The average Bonchev–Trinajstić information content (AvgIpc) is 3.16. The Kier molecular flexibility index (Phi) is 37.8. The topological polar surface area (TPSA) is 155 Å². The maximum Gasteiger partial charge on any atom is 0.472 e. The monoisotopic (exact) mass is 794 g/mol. The Bertz CT molecular complexity index is 1150. The molecule has 0 radical (unpaired) electrons. The van der Waals surface area contributed by atoms with Crippen molar-refractivity contribution in [2.45, 2.75) is 167 Å². The summed E-state index contributed by atoms with van der Waals surface area (Å²) >= 11 is 0. The first-order valence-corrected chi connectivity index (χ1v) is 22.5. The van der Waals surface area contributed by atoms with Gasteiger partial charge in [-0.1, -0.05) is 157 Å². The van der Waals surface area contributed by atoms with E-state index in [1.54, 1.807) is 0 Å². The zero-order chi connectivity index (χ0) is 40.5. The molecule has 0 fully saturated rings. The molecule has 0 heterocycles. The van der Waals surface area contributed by atoms with Crippen molar-refractivity contribution in [3.8, 4) is 0 Å². The molecule has 0 amide bonds. The third-order valence-corrected chi connectivity index (χ3v) is 9.45. The van der Waals surface area contributed by atoms with Crippen molar-refractivity contribution >= 4 is 19.8 Å². The van der Waals surface area contributed by atoms with E-state index in [1.165, 1.54) is 32.1 Å². The molecule has 0 aromatic carbocycles. The minimum absolute atomic E-state index is 0.000817. The van der Waals surface area contributed by atoms with E-state index in [1.807, 2.05) is 0 Å². The summed E-state index contributed by atoms with van der Waals surface area (Å²) in [5, 5.41) is 8.87. The van der Waals surface area contributed by atoms with Crippen molar-refractivity contribution in [2.24, 2.45) is 5.73 Å². The van der Waals surface area contributed by atoms with Gasteiger partial charge in [0.2, 0.25) is 0 Å². The summed E-state index contributed by atoms with van der Waals surface area (Å²) in [4.78, 5) is 33.4. The number of rotatable bonds is 39. The molecule has 316 valence electrons. The van der Waals surface area contributed by atoms with Crippen LogP contribution in [0.5, 0.6) is 0 Å². The molecule has 0 aliphatic rings. The summed E-state index contributed by atoms with van der Waals surface area (Å²) in [5.74, 6) is -1.80. The van der Waals surface area contributed by atoms with Crippen LogP contribution in [0.25, 0.3) is 0 Å². The number of hydrogen-bond acceptors (Lipinski definition) is 8. The fraction of sp³-hybridized carbons (Fsp3) is 0.682. The largest absolute Gasteiger partial charge is 0.480 e. The number of carbonyl (C=O) groups excluding carboxylic acids is 1. The van der Waals surface area contributed by atoms with Crippen LogP contribution in [0.15, 0.2) is 72.9 Å². The third kappa shape index (κ3) is 39.4. The molecule has 0 aromatic heterocycles. The van der Waals surface area contributed by atoms with Gasteiger partial charge in [-0.25, -0.2) is 4.57 Å². The number of hydrogen-bond donors (Lipinski definition) is 3. The van der Waals surface area contributed by atoms with Crippen molar-refractivity contribution in [3.05, 3.63) is 72.9 Å². The standard InChI is InChI=1S/C44H76NO9P/c1-3-5-7-9-11-13-14-15-16-17-18-19-20-21-22-23-24-25-26-27-29-31-33-35-37-51-38-41(39-52-55(49,50)53-40-42(45)44(47)48)54-43(46)36-34-32-30-28-12-10-8-6-4-2/h5,7,11,13,15-16,18-19,21-22,24-25,41-42H,3-4,6,8-10,12,14,17,20,23,26-40,45H2,1-2H3,(H,47,48)(H,49,50)/b7-5-,13-11-,16-15-,19-18-,22-21-,25-24-. The lowest BCUT2D eigenvalue weighted by atomic mass is 10.1. The molecule has 55 heavy (non-hydrogen) atoms. The maximum absolute atomic E-state index is 12.5. The van der Waals surface area contributed by atoms with Crippen molar-refractivity contribution < 1.29 is 42.7 Å². The van der Waals surface area contributed by atoms with Gasteiger partial charge < -0.3 is 25.2 Å². The zero-order valence-electron chi connectivity index (χ0n) is 34.2. The summed E-state index contributed by atoms with van der Waals surface area (Å²) in [7, 11) is -4.62. The van der Waals surface area contributed by atoms with Crippen molar-refractivity contribution in [2.75, 3.05) is 26.4 Å². The molecule has 0 bridgehead atoms. The second-order valence-electron chi connectivity index (χ2n) is 13.7. The van der Waals surface area contributed by atoms with Crippen LogP contribution in [0.4, 0.5) is 0 Å². The number of ether oxygens (including phenoxy) is 2. The third-order valence-electron chi connectivity index (χ3n) is 8.50. The van der Waals surface area contributed by atoms with E-state index in [-0.39, 0.29) is 13.0 Å². The van der Waals surface area contributed by atoms with Crippen LogP contribution in [0.3, 0.4) is 0 Å². The lowest BCUT2D eigenvalue weighted by molar-refractivity contribution is -0.154. The number of carboxylic acid groups (broad SMARTS) is 1. The van der Waals surface area contributed by atoms with E-state index in [9.17, 15) is 19.0 Å². The fourth-order valence-electron chi connectivity index (χ4n) is 5.25. The van der Waals surface area contributed by atoms with Crippen molar-refractivity contribution in [1.29, 1.82) is 0 Å². The number of esters is 1. The predicted molar refractivity (Wildman–Crippen MR) is 226 cm³/mol. The molecular formula is C44H76NO9P. The van der Waals surface area contributed by atoms with Crippen LogP contribution in [0.2, 0.25) is 0 Å². The molecule has 4 N–H and O–H groups in total. The molecule has 11 heteroatoms. The Morgan fingerprint density at radius 1 is 0.600 bits per heavy atom. The molecule has 0 saturated carbocycles. The number of allylic oxidation sites excluding steroid dienone is 12. The van der Waals surface area contributed by atoms with E-state index >= 15 is 0 Å². The van der Waals surface area contributed by atoms with Crippen LogP contribution in [-0.2, 0) is 32.7 Å². The number of aliphatic carboxylic acids is 1. The normalized spacial score (nSPS) is 14.7. The van der Waals surface area contributed by atoms with E-state index in [0.29, 0.717) is 13.0 Å². The van der Waals surface area contributed by atoms with Gasteiger partial charge in [0.1, 0.15) is 12.1 Å². The first-order valence-electron chi connectivity index (χ1n) is 21.0. The lowest BCUT2D eigenvalue weighted by Crippen LogP contribution is -2.34. The van der Waals surface area contributed by atoms with Gasteiger partial charge in [-0.05, 0) is 64.2 Å². The smallest absolute Gasteiger partial charge is 0.472 e. The number of phosphoric acid groups is 1. The van der Waals surface area contributed by atoms with E-state index in [4.69, 9.17) is 29.4 Å². The number of carbonyl (C=O) groups is 2. The van der Waals surface area contributed by atoms with Gasteiger partial charge in [-0.15, -0.1) is 0 Å². The van der Waals surface area contributed by atoms with Crippen molar-refractivity contribution in [1.82, 2.24) is 0 Å². The Morgan fingerprint density at radius 2 is 1.05 bits per heavy atom. The van der Waals surface area contributed by atoms with Gasteiger partial charge in [0.25, 0.3) is 0 Å². The van der Waals surface area contributed by atoms with Gasteiger partial charge >= 0.3 is 19.8 Å². The Labute approximate surface area is 334 Å². The fourth-order valence-corrected chi connectivity index (χ4v) is 6.03. The van der Waals surface area contributed by atoms with Crippen molar-refractivity contribution in [3.63, 3.8) is 0 Å². The minimum atomic E-state index is -4.62. The van der Waals surface area contributed by atoms with E-state index in [2.05, 4.69) is 86.8 Å². The number of phosphoric ester groups is 1. The molecule has 3 atom stereocenters. The van der Waals surface area contributed by atoms with Gasteiger partial charge in [0.15, 0.2) is 0 Å². The molecule has 0 aliphatic heterocycles. The molecular weight excluding hydrogens is 717 g/mol. The SMILES string of the molecule is CC/C=C\C/C=C\C/C=C\C/C=C\C/C=C\C/C=C\CCCCCCCOCC(COP(=O)(O)OCC(N)C(=O)O)OC(=O)CCCCCCCCCCC. The Morgan fingerprint density at radius 3 is 1.58 bits per heavy atom. The molecule has 0 rings (SSSR count).